The van der Waals surface area contributed by atoms with Crippen LogP contribution in [0.3, 0.4) is 0 Å². The predicted octanol–water partition coefficient (Wildman–Crippen LogP) is 4.08. The van der Waals surface area contributed by atoms with E-state index < -0.39 is 5.69 Å². The Hall–Kier alpha value is -4.59. The molecule has 0 N–H and O–H groups in total. The summed E-state index contributed by atoms with van der Waals surface area (Å²) in [5.74, 6) is 1.25. The van der Waals surface area contributed by atoms with Crippen molar-refractivity contribution in [2.24, 2.45) is 0 Å². The van der Waals surface area contributed by atoms with Crippen LogP contribution in [-0.4, -0.2) is 32.1 Å². The second-order valence-electron chi connectivity index (χ2n) is 7.21. The summed E-state index contributed by atoms with van der Waals surface area (Å²) in [6.07, 6.45) is 0. The first-order valence-corrected chi connectivity index (χ1v) is 10.3. The van der Waals surface area contributed by atoms with E-state index in [-0.39, 0.29) is 12.4 Å². The first kappa shape index (κ1) is 20.3. The number of benzene rings is 3. The summed E-state index contributed by atoms with van der Waals surface area (Å²) in [5, 5.41) is 12.8. The van der Waals surface area contributed by atoms with Crippen LogP contribution in [0.1, 0.15) is 5.89 Å². The molecule has 5 rings (SSSR count). The van der Waals surface area contributed by atoms with Gasteiger partial charge < -0.3 is 9.15 Å². The average molecular weight is 437 g/mol. The maximum absolute atomic E-state index is 12.8. The van der Waals surface area contributed by atoms with E-state index in [1.807, 2.05) is 78.9 Å². The molecule has 8 heteroatoms. The number of ether oxygens (including phenoxy) is 1. The molecule has 0 spiro atoms. The molecule has 0 radical (unpaired) electrons. The van der Waals surface area contributed by atoms with Gasteiger partial charge in [-0.15, -0.1) is 10.2 Å². The molecular formula is C25H19N5O3. The monoisotopic (exact) mass is 437 g/mol. The lowest BCUT2D eigenvalue weighted by Gasteiger charge is -2.10. The molecule has 5 aromatic rings. The van der Waals surface area contributed by atoms with Crippen LogP contribution in [0.25, 0.3) is 34.0 Å². The molecule has 2 aromatic heterocycles. The molecule has 0 unspecified atom stereocenters. The van der Waals surface area contributed by atoms with E-state index in [1.54, 1.807) is 13.2 Å². The highest BCUT2D eigenvalue weighted by Gasteiger charge is 2.17. The molecule has 0 bridgehead atoms. The zero-order chi connectivity index (χ0) is 22.6. The van der Waals surface area contributed by atoms with E-state index in [4.69, 9.17) is 9.15 Å². The Morgan fingerprint density at radius 3 is 2.18 bits per heavy atom. The lowest BCUT2D eigenvalue weighted by molar-refractivity contribution is 0.414. The zero-order valence-electron chi connectivity index (χ0n) is 17.8. The van der Waals surface area contributed by atoms with Crippen molar-refractivity contribution in [3.8, 4) is 39.7 Å². The maximum atomic E-state index is 12.8. The van der Waals surface area contributed by atoms with Crippen molar-refractivity contribution in [1.82, 2.24) is 25.0 Å². The smallest absolute Gasteiger partial charge is 0.365 e. The summed E-state index contributed by atoms with van der Waals surface area (Å²) in [4.78, 5) is 17.2. The van der Waals surface area contributed by atoms with Crippen LogP contribution >= 0.6 is 0 Å². The number of hydrogen-bond acceptors (Lipinski definition) is 7. The lowest BCUT2D eigenvalue weighted by Crippen LogP contribution is -2.27. The van der Waals surface area contributed by atoms with Crippen molar-refractivity contribution in [3.63, 3.8) is 0 Å². The average Bonchev–Trinajstić information content (AvgIpc) is 3.35. The third-order valence-corrected chi connectivity index (χ3v) is 5.04. The molecule has 0 amide bonds. The summed E-state index contributed by atoms with van der Waals surface area (Å²) in [6.45, 7) is -0.00228. The zero-order valence-corrected chi connectivity index (χ0v) is 17.8. The Balaban J connectivity index is 1.53. The molecule has 3 aromatic carbocycles. The minimum atomic E-state index is -0.505. The Bertz CT molecular complexity index is 1450. The van der Waals surface area contributed by atoms with Gasteiger partial charge in [-0.25, -0.2) is 9.48 Å². The standard InChI is InChI=1S/C25H19N5O3/c1-32-20-14-8-13-19(15-20)24-28-27-21(33-24)16-30-25(31)26-22(17-9-4-2-5-10-17)23(29-30)18-11-6-3-7-12-18/h2-15H,16H2,1H3. The van der Waals surface area contributed by atoms with E-state index in [0.717, 1.165) is 16.7 Å². The Kier molecular flexibility index (Phi) is 5.47. The highest BCUT2D eigenvalue weighted by Crippen LogP contribution is 2.27. The first-order valence-electron chi connectivity index (χ1n) is 10.3. The van der Waals surface area contributed by atoms with E-state index >= 15 is 0 Å². The van der Waals surface area contributed by atoms with E-state index in [9.17, 15) is 4.79 Å². The molecule has 0 saturated heterocycles. The van der Waals surface area contributed by atoms with Crippen molar-refractivity contribution in [2.45, 2.75) is 6.54 Å². The summed E-state index contributed by atoms with van der Waals surface area (Å²) in [6, 6.07) is 26.4. The van der Waals surface area contributed by atoms with Gasteiger partial charge in [0.25, 0.3) is 0 Å². The van der Waals surface area contributed by atoms with Gasteiger partial charge in [-0.1, -0.05) is 66.7 Å². The van der Waals surface area contributed by atoms with Gasteiger partial charge in [0, 0.05) is 16.7 Å². The molecule has 0 atom stereocenters. The van der Waals surface area contributed by atoms with Crippen LogP contribution < -0.4 is 10.4 Å². The van der Waals surface area contributed by atoms with Crippen LogP contribution in [0.2, 0.25) is 0 Å². The van der Waals surface area contributed by atoms with Crippen molar-refractivity contribution in [1.29, 1.82) is 0 Å². The summed E-state index contributed by atoms with van der Waals surface area (Å²) in [5.41, 5.74) is 2.98. The fourth-order valence-electron chi connectivity index (χ4n) is 3.43. The molecule has 8 nitrogen and oxygen atoms in total. The van der Waals surface area contributed by atoms with Crippen molar-refractivity contribution in [3.05, 3.63) is 101 Å². The van der Waals surface area contributed by atoms with Gasteiger partial charge in [-0.05, 0) is 18.2 Å². The van der Waals surface area contributed by atoms with Crippen LogP contribution in [-0.2, 0) is 6.54 Å². The quantitative estimate of drug-likeness (QED) is 0.395. The number of nitrogens with zero attached hydrogens (tertiary/aromatic N) is 5. The minimum Gasteiger partial charge on any atom is -0.497 e. The normalized spacial score (nSPS) is 10.8. The van der Waals surface area contributed by atoms with E-state index in [1.165, 1.54) is 4.68 Å². The van der Waals surface area contributed by atoms with Gasteiger partial charge in [0.1, 0.15) is 23.7 Å². The van der Waals surface area contributed by atoms with Crippen molar-refractivity contribution in [2.75, 3.05) is 7.11 Å². The lowest BCUT2D eigenvalue weighted by atomic mass is 10.0. The van der Waals surface area contributed by atoms with Gasteiger partial charge in [0.15, 0.2) is 0 Å². The van der Waals surface area contributed by atoms with Gasteiger partial charge in [0.2, 0.25) is 11.8 Å². The second-order valence-corrected chi connectivity index (χ2v) is 7.21. The molecule has 0 aliphatic carbocycles. The SMILES string of the molecule is COc1cccc(-c2nnc(Cn3nc(-c4ccccc4)c(-c4ccccc4)nc3=O)o2)c1. The van der Waals surface area contributed by atoms with Crippen LogP contribution in [0.15, 0.2) is 94.1 Å². The topological polar surface area (TPSA) is 95.9 Å². The van der Waals surface area contributed by atoms with Crippen LogP contribution in [0.4, 0.5) is 0 Å². The molecule has 162 valence electrons. The molecule has 0 aliphatic rings. The molecular weight excluding hydrogens is 418 g/mol. The molecule has 33 heavy (non-hydrogen) atoms. The summed E-state index contributed by atoms with van der Waals surface area (Å²) >= 11 is 0. The van der Waals surface area contributed by atoms with Gasteiger partial charge in [-0.3, -0.25) is 0 Å². The second kappa shape index (κ2) is 8.88. The van der Waals surface area contributed by atoms with Crippen molar-refractivity contribution < 1.29 is 9.15 Å². The molecule has 0 saturated carbocycles. The summed E-state index contributed by atoms with van der Waals surface area (Å²) in [7, 11) is 1.59. The van der Waals surface area contributed by atoms with Crippen molar-refractivity contribution >= 4 is 0 Å². The highest BCUT2D eigenvalue weighted by molar-refractivity contribution is 5.77. The predicted molar refractivity (Wildman–Crippen MR) is 123 cm³/mol. The van der Waals surface area contributed by atoms with E-state index in [0.29, 0.717) is 23.0 Å². The number of rotatable bonds is 6. The van der Waals surface area contributed by atoms with Crippen LogP contribution in [0, 0.1) is 0 Å². The van der Waals surface area contributed by atoms with Crippen LogP contribution in [0.5, 0.6) is 5.75 Å². The number of methoxy groups -OCH3 is 1. The van der Waals surface area contributed by atoms with Gasteiger partial charge in [0.05, 0.1) is 7.11 Å². The highest BCUT2D eigenvalue weighted by atomic mass is 16.5. The summed E-state index contributed by atoms with van der Waals surface area (Å²) < 4.78 is 12.3. The third kappa shape index (κ3) is 4.27. The molecule has 0 fully saturated rings. The van der Waals surface area contributed by atoms with Gasteiger partial charge in [-0.2, -0.15) is 10.1 Å². The fraction of sp³-hybridized carbons (Fsp3) is 0.0800. The van der Waals surface area contributed by atoms with E-state index in [2.05, 4.69) is 20.3 Å². The number of hydrogen-bond donors (Lipinski definition) is 0. The maximum Gasteiger partial charge on any atom is 0.365 e. The third-order valence-electron chi connectivity index (χ3n) is 5.04. The first-order chi connectivity index (χ1) is 16.2. The molecule has 2 heterocycles. The fourth-order valence-corrected chi connectivity index (χ4v) is 3.43. The Labute approximate surface area is 189 Å². The van der Waals surface area contributed by atoms with Gasteiger partial charge >= 0.3 is 5.69 Å². The molecule has 0 aliphatic heterocycles. The minimum absolute atomic E-state index is 0.00228. The largest absolute Gasteiger partial charge is 0.497 e. The Morgan fingerprint density at radius 2 is 1.48 bits per heavy atom. The Morgan fingerprint density at radius 1 is 0.818 bits per heavy atom. The number of aromatic nitrogens is 5.